The van der Waals surface area contributed by atoms with Crippen LogP contribution in [-0.4, -0.2) is 32.4 Å². The minimum Gasteiger partial charge on any atom is -0.481 e. The molecule has 0 aliphatic heterocycles. The van der Waals surface area contributed by atoms with Crippen molar-refractivity contribution in [1.29, 1.82) is 0 Å². The molecule has 0 saturated carbocycles. The fraction of sp³-hybridized carbons (Fsp3) is 0.462. The highest BCUT2D eigenvalue weighted by Crippen LogP contribution is 2.38. The number of carbonyl (C=O) groups is 1. The van der Waals surface area contributed by atoms with Gasteiger partial charge in [0, 0.05) is 30.4 Å². The zero-order valence-electron chi connectivity index (χ0n) is 11.0. The molecule has 0 amide bonds. The Labute approximate surface area is 120 Å². The zero-order chi connectivity index (χ0) is 13.9. The molecule has 7 heteroatoms. The Morgan fingerprint density at radius 2 is 2.50 bits per heavy atom. The number of rotatable bonds is 6. The van der Waals surface area contributed by atoms with Gasteiger partial charge in [0.1, 0.15) is 5.92 Å². The van der Waals surface area contributed by atoms with Gasteiger partial charge in [0.05, 0.1) is 5.69 Å². The number of aliphatic carboxylic acids is 1. The topological polar surface area (TPSA) is 80.0 Å². The van der Waals surface area contributed by atoms with Crippen molar-refractivity contribution in [2.24, 2.45) is 0 Å². The average Bonchev–Trinajstić information content (AvgIpc) is 3.10. The Bertz CT molecular complexity index is 594. The van der Waals surface area contributed by atoms with Gasteiger partial charge in [0.25, 0.3) is 0 Å². The fourth-order valence-electron chi connectivity index (χ4n) is 2.41. The van der Waals surface area contributed by atoms with Gasteiger partial charge in [0.15, 0.2) is 5.13 Å². The Morgan fingerprint density at radius 1 is 1.60 bits per heavy atom. The molecule has 20 heavy (non-hydrogen) atoms. The molecule has 2 aromatic heterocycles. The summed E-state index contributed by atoms with van der Waals surface area (Å²) in [5.41, 5.74) is 0.761. The van der Waals surface area contributed by atoms with Crippen molar-refractivity contribution in [3.05, 3.63) is 29.0 Å². The minimum atomic E-state index is -0.765. The van der Waals surface area contributed by atoms with Gasteiger partial charge in [-0.2, -0.15) is 5.10 Å². The molecule has 2 N–H and O–H groups in total. The fourth-order valence-corrected chi connectivity index (χ4v) is 3.48. The van der Waals surface area contributed by atoms with Gasteiger partial charge in [-0.3, -0.25) is 9.48 Å². The highest BCUT2D eigenvalue weighted by molar-refractivity contribution is 7.15. The van der Waals surface area contributed by atoms with Crippen LogP contribution in [0.5, 0.6) is 0 Å². The number of thiazole rings is 1. The van der Waals surface area contributed by atoms with E-state index in [1.807, 2.05) is 16.9 Å². The van der Waals surface area contributed by atoms with Crippen LogP contribution >= 0.6 is 11.3 Å². The van der Waals surface area contributed by atoms with E-state index in [0.717, 1.165) is 41.6 Å². The number of hydrogen-bond acceptors (Lipinski definition) is 5. The number of aromatic nitrogens is 3. The van der Waals surface area contributed by atoms with Crippen molar-refractivity contribution < 1.29 is 9.90 Å². The summed E-state index contributed by atoms with van der Waals surface area (Å²) in [7, 11) is 0. The maximum Gasteiger partial charge on any atom is 0.312 e. The highest BCUT2D eigenvalue weighted by atomic mass is 32.1. The molecule has 0 spiro atoms. The first kappa shape index (κ1) is 13.1. The number of nitrogens with zero attached hydrogens (tertiary/aromatic N) is 3. The van der Waals surface area contributed by atoms with Crippen LogP contribution in [0, 0.1) is 0 Å². The van der Waals surface area contributed by atoms with E-state index in [0.29, 0.717) is 6.42 Å². The molecule has 0 fully saturated rings. The summed E-state index contributed by atoms with van der Waals surface area (Å²) in [6, 6.07) is 1.91. The van der Waals surface area contributed by atoms with Gasteiger partial charge in [-0.1, -0.05) is 0 Å². The summed E-state index contributed by atoms with van der Waals surface area (Å²) in [6.45, 7) is 1.67. The van der Waals surface area contributed by atoms with Crippen LogP contribution in [0.15, 0.2) is 18.5 Å². The smallest absolute Gasteiger partial charge is 0.312 e. The van der Waals surface area contributed by atoms with Gasteiger partial charge < -0.3 is 10.4 Å². The SMILES string of the molecule is O=C(O)C1CCc2sc(NCCCn3cccn3)nc21. The number of nitrogens with one attached hydrogen (secondary N) is 1. The quantitative estimate of drug-likeness (QED) is 0.796. The molecule has 2 heterocycles. The third kappa shape index (κ3) is 2.67. The number of anilines is 1. The van der Waals surface area contributed by atoms with Gasteiger partial charge >= 0.3 is 5.97 Å². The van der Waals surface area contributed by atoms with Crippen LogP contribution in [-0.2, 0) is 17.8 Å². The first-order chi connectivity index (χ1) is 9.74. The van der Waals surface area contributed by atoms with E-state index in [4.69, 9.17) is 5.11 Å². The van der Waals surface area contributed by atoms with Gasteiger partial charge in [-0.05, 0) is 25.3 Å². The van der Waals surface area contributed by atoms with E-state index >= 15 is 0 Å². The Morgan fingerprint density at radius 3 is 3.25 bits per heavy atom. The maximum absolute atomic E-state index is 11.1. The monoisotopic (exact) mass is 292 g/mol. The molecule has 0 aromatic carbocycles. The molecule has 0 saturated heterocycles. The molecular weight excluding hydrogens is 276 g/mol. The third-order valence-corrected chi connectivity index (χ3v) is 4.50. The van der Waals surface area contributed by atoms with Crippen LogP contribution < -0.4 is 5.32 Å². The predicted octanol–water partition coefficient (Wildman–Crippen LogP) is 1.96. The van der Waals surface area contributed by atoms with Gasteiger partial charge in [-0.25, -0.2) is 4.98 Å². The van der Waals surface area contributed by atoms with E-state index in [1.54, 1.807) is 17.5 Å². The molecule has 1 aliphatic rings. The van der Waals surface area contributed by atoms with Crippen molar-refractivity contribution in [3.8, 4) is 0 Å². The summed E-state index contributed by atoms with van der Waals surface area (Å²) in [5, 5.41) is 17.4. The Hall–Kier alpha value is -1.89. The lowest BCUT2D eigenvalue weighted by atomic mass is 10.1. The summed E-state index contributed by atoms with van der Waals surface area (Å²) in [4.78, 5) is 16.6. The minimum absolute atomic E-state index is 0.416. The van der Waals surface area contributed by atoms with Crippen molar-refractivity contribution in [3.63, 3.8) is 0 Å². The number of carboxylic acids is 1. The van der Waals surface area contributed by atoms with Crippen LogP contribution in [0.4, 0.5) is 5.13 Å². The van der Waals surface area contributed by atoms with Crippen LogP contribution in [0.1, 0.15) is 29.3 Å². The maximum atomic E-state index is 11.1. The summed E-state index contributed by atoms with van der Waals surface area (Å²) in [5.74, 6) is -1.18. The molecule has 0 radical (unpaired) electrons. The van der Waals surface area contributed by atoms with Crippen molar-refractivity contribution in [1.82, 2.24) is 14.8 Å². The normalized spacial score (nSPS) is 17.1. The number of hydrogen-bond donors (Lipinski definition) is 2. The third-order valence-electron chi connectivity index (χ3n) is 3.42. The van der Waals surface area contributed by atoms with E-state index in [1.165, 1.54) is 0 Å². The molecular formula is C13H16N4O2S. The number of aryl methyl sites for hydroxylation is 2. The molecule has 1 atom stereocenters. The van der Waals surface area contributed by atoms with E-state index < -0.39 is 11.9 Å². The van der Waals surface area contributed by atoms with E-state index in [9.17, 15) is 4.79 Å². The van der Waals surface area contributed by atoms with Crippen molar-refractivity contribution in [2.45, 2.75) is 31.7 Å². The highest BCUT2D eigenvalue weighted by Gasteiger charge is 2.32. The second-order valence-corrected chi connectivity index (χ2v) is 5.89. The Balaban J connectivity index is 1.52. The lowest BCUT2D eigenvalue weighted by Gasteiger charge is -2.04. The molecule has 1 aliphatic carbocycles. The molecule has 0 bridgehead atoms. The van der Waals surface area contributed by atoms with Crippen molar-refractivity contribution in [2.75, 3.05) is 11.9 Å². The summed E-state index contributed by atoms with van der Waals surface area (Å²) >= 11 is 1.58. The molecule has 106 valence electrons. The first-order valence-electron chi connectivity index (χ1n) is 6.68. The lowest BCUT2D eigenvalue weighted by Crippen LogP contribution is -2.10. The van der Waals surface area contributed by atoms with Gasteiger partial charge in [0.2, 0.25) is 0 Å². The average molecular weight is 292 g/mol. The van der Waals surface area contributed by atoms with Crippen LogP contribution in [0.2, 0.25) is 0 Å². The number of fused-ring (bicyclic) bond motifs is 1. The first-order valence-corrected chi connectivity index (χ1v) is 7.49. The molecule has 2 aromatic rings. The summed E-state index contributed by atoms with van der Waals surface area (Å²) < 4.78 is 1.89. The summed E-state index contributed by atoms with van der Waals surface area (Å²) in [6.07, 6.45) is 6.18. The van der Waals surface area contributed by atoms with E-state index in [-0.39, 0.29) is 0 Å². The second kappa shape index (κ2) is 5.62. The lowest BCUT2D eigenvalue weighted by molar-refractivity contribution is -0.138. The van der Waals surface area contributed by atoms with E-state index in [2.05, 4.69) is 15.4 Å². The van der Waals surface area contributed by atoms with Crippen LogP contribution in [0.25, 0.3) is 0 Å². The molecule has 3 rings (SSSR count). The number of carboxylic acid groups (broad SMARTS) is 1. The molecule has 6 nitrogen and oxygen atoms in total. The van der Waals surface area contributed by atoms with Crippen molar-refractivity contribution >= 4 is 22.4 Å². The largest absolute Gasteiger partial charge is 0.481 e. The molecule has 1 unspecified atom stereocenters. The standard InChI is InChI=1S/C13H16N4O2S/c18-12(19)9-3-4-10-11(9)16-13(20-10)14-5-1-7-17-8-2-6-15-17/h2,6,8-9H,1,3-5,7H2,(H,14,16)(H,18,19). The second-order valence-electron chi connectivity index (χ2n) is 4.81. The zero-order valence-corrected chi connectivity index (χ0v) is 11.8. The Kier molecular flexibility index (Phi) is 3.68. The van der Waals surface area contributed by atoms with Crippen LogP contribution in [0.3, 0.4) is 0 Å². The van der Waals surface area contributed by atoms with Gasteiger partial charge in [-0.15, -0.1) is 11.3 Å². The predicted molar refractivity (Wildman–Crippen MR) is 76.1 cm³/mol.